The van der Waals surface area contributed by atoms with Gasteiger partial charge in [0.05, 0.1) is 5.56 Å². The molecule has 0 saturated heterocycles. The number of furan rings is 1. The van der Waals surface area contributed by atoms with Gasteiger partial charge < -0.3 is 4.42 Å². The topological polar surface area (TPSA) is 30.2 Å². The van der Waals surface area contributed by atoms with Crippen LogP contribution in [0.3, 0.4) is 0 Å². The van der Waals surface area contributed by atoms with Gasteiger partial charge in [-0.05, 0) is 37.3 Å². The maximum absolute atomic E-state index is 13.6. The number of fused-ring (bicyclic) bond motifs is 1. The molecule has 2 nitrogen and oxygen atoms in total. The first kappa shape index (κ1) is 11.7. The minimum atomic E-state index is -0.538. The molecular formula is C16H11FO2. The van der Waals surface area contributed by atoms with Crippen LogP contribution in [0.15, 0.2) is 52.9 Å². The van der Waals surface area contributed by atoms with Crippen molar-refractivity contribution in [2.45, 2.75) is 6.92 Å². The van der Waals surface area contributed by atoms with Gasteiger partial charge in [-0.1, -0.05) is 23.8 Å². The van der Waals surface area contributed by atoms with Crippen LogP contribution in [0, 0.1) is 12.7 Å². The number of rotatable bonds is 2. The fourth-order valence-electron chi connectivity index (χ4n) is 2.05. The summed E-state index contributed by atoms with van der Waals surface area (Å²) in [5.41, 5.74) is 1.74. The highest BCUT2D eigenvalue weighted by Gasteiger charge is 2.17. The molecule has 0 atom stereocenters. The Hall–Kier alpha value is -2.42. The minimum absolute atomic E-state index is 0.0262. The summed E-state index contributed by atoms with van der Waals surface area (Å²) in [7, 11) is 0. The van der Waals surface area contributed by atoms with Crippen molar-refractivity contribution in [3.63, 3.8) is 0 Å². The highest BCUT2D eigenvalue weighted by molar-refractivity contribution is 6.09. The van der Waals surface area contributed by atoms with Crippen LogP contribution in [0.2, 0.25) is 0 Å². The molecule has 0 radical (unpaired) electrons. The van der Waals surface area contributed by atoms with E-state index in [2.05, 4.69) is 0 Å². The zero-order chi connectivity index (χ0) is 13.4. The molecule has 3 aromatic rings. The molecule has 1 heterocycles. The van der Waals surface area contributed by atoms with E-state index in [4.69, 9.17) is 4.42 Å². The molecule has 3 rings (SSSR count). The number of aryl methyl sites for hydroxylation is 1. The van der Waals surface area contributed by atoms with Crippen molar-refractivity contribution in [1.29, 1.82) is 0 Å². The summed E-state index contributed by atoms with van der Waals surface area (Å²) in [5, 5.41) is 0.847. The average Bonchev–Trinajstić information content (AvgIpc) is 2.81. The van der Waals surface area contributed by atoms with E-state index >= 15 is 0 Å². The smallest absolute Gasteiger partial charge is 0.231 e. The van der Waals surface area contributed by atoms with Gasteiger partial charge in [0.1, 0.15) is 11.4 Å². The lowest BCUT2D eigenvalue weighted by Gasteiger charge is -1.98. The molecule has 0 fully saturated rings. The Balaban J connectivity index is 2.09. The van der Waals surface area contributed by atoms with Crippen LogP contribution in [0.4, 0.5) is 4.39 Å². The van der Waals surface area contributed by atoms with Gasteiger partial charge in [0, 0.05) is 5.39 Å². The van der Waals surface area contributed by atoms with Crippen molar-refractivity contribution in [3.05, 3.63) is 71.2 Å². The lowest BCUT2D eigenvalue weighted by Crippen LogP contribution is -2.02. The summed E-state index contributed by atoms with van der Waals surface area (Å²) in [6.45, 7) is 1.96. The summed E-state index contributed by atoms with van der Waals surface area (Å²) in [4.78, 5) is 12.2. The normalized spacial score (nSPS) is 10.8. The van der Waals surface area contributed by atoms with Crippen LogP contribution in [0.5, 0.6) is 0 Å². The van der Waals surface area contributed by atoms with Crippen molar-refractivity contribution in [2.24, 2.45) is 0 Å². The number of halogens is 1. The Morgan fingerprint density at radius 3 is 2.68 bits per heavy atom. The van der Waals surface area contributed by atoms with Crippen LogP contribution < -0.4 is 0 Å². The molecule has 0 saturated carbocycles. The van der Waals surface area contributed by atoms with Gasteiger partial charge in [-0.15, -0.1) is 0 Å². The van der Waals surface area contributed by atoms with E-state index in [1.54, 1.807) is 18.2 Å². The van der Waals surface area contributed by atoms with E-state index in [0.717, 1.165) is 10.9 Å². The van der Waals surface area contributed by atoms with E-state index in [1.807, 2.05) is 25.1 Å². The standard InChI is InChI=1S/C16H11FO2/c1-10-6-7-14-11(8-10)9-15(19-14)16(18)12-4-2-3-5-13(12)17/h2-9H,1H3. The summed E-state index contributed by atoms with van der Waals surface area (Å²) in [6.07, 6.45) is 0. The third kappa shape index (κ3) is 2.03. The number of carbonyl (C=O) groups is 1. The van der Waals surface area contributed by atoms with Gasteiger partial charge in [0.2, 0.25) is 5.78 Å². The highest BCUT2D eigenvalue weighted by Crippen LogP contribution is 2.23. The van der Waals surface area contributed by atoms with E-state index in [-0.39, 0.29) is 11.3 Å². The molecule has 0 amide bonds. The van der Waals surface area contributed by atoms with Gasteiger partial charge in [0.15, 0.2) is 5.76 Å². The second kappa shape index (κ2) is 4.35. The zero-order valence-electron chi connectivity index (χ0n) is 10.3. The summed E-state index contributed by atoms with van der Waals surface area (Å²) >= 11 is 0. The fraction of sp³-hybridized carbons (Fsp3) is 0.0625. The van der Waals surface area contributed by atoms with Crippen molar-refractivity contribution >= 4 is 16.8 Å². The predicted octanol–water partition coefficient (Wildman–Crippen LogP) is 4.11. The Morgan fingerprint density at radius 1 is 1.11 bits per heavy atom. The summed E-state index contributed by atoms with van der Waals surface area (Å²) in [5.74, 6) is -0.818. The fourth-order valence-corrected chi connectivity index (χ4v) is 2.05. The average molecular weight is 254 g/mol. The van der Waals surface area contributed by atoms with Crippen molar-refractivity contribution in [3.8, 4) is 0 Å². The molecule has 19 heavy (non-hydrogen) atoms. The monoisotopic (exact) mass is 254 g/mol. The lowest BCUT2D eigenvalue weighted by molar-refractivity contribution is 0.101. The van der Waals surface area contributed by atoms with Gasteiger partial charge in [-0.3, -0.25) is 4.79 Å². The van der Waals surface area contributed by atoms with E-state index in [1.165, 1.54) is 12.1 Å². The van der Waals surface area contributed by atoms with E-state index in [0.29, 0.717) is 5.58 Å². The molecule has 0 unspecified atom stereocenters. The molecule has 2 aromatic carbocycles. The van der Waals surface area contributed by atoms with Gasteiger partial charge in [-0.25, -0.2) is 4.39 Å². The molecule has 0 aliphatic carbocycles. The van der Waals surface area contributed by atoms with E-state index in [9.17, 15) is 9.18 Å². The molecular weight excluding hydrogens is 243 g/mol. The SMILES string of the molecule is Cc1ccc2oc(C(=O)c3ccccc3F)cc2c1. The first-order valence-electron chi connectivity index (χ1n) is 5.94. The maximum atomic E-state index is 13.6. The van der Waals surface area contributed by atoms with Crippen molar-refractivity contribution in [2.75, 3.05) is 0 Å². The minimum Gasteiger partial charge on any atom is -0.453 e. The lowest BCUT2D eigenvalue weighted by atomic mass is 10.1. The third-order valence-electron chi connectivity index (χ3n) is 3.01. The van der Waals surface area contributed by atoms with Crippen molar-refractivity contribution < 1.29 is 13.6 Å². The van der Waals surface area contributed by atoms with E-state index < -0.39 is 11.6 Å². The third-order valence-corrected chi connectivity index (χ3v) is 3.01. The van der Waals surface area contributed by atoms with Crippen LogP contribution in [0.25, 0.3) is 11.0 Å². The first-order valence-corrected chi connectivity index (χ1v) is 5.94. The first-order chi connectivity index (χ1) is 9.15. The molecule has 0 aliphatic rings. The quantitative estimate of drug-likeness (QED) is 0.644. The van der Waals surface area contributed by atoms with Crippen LogP contribution in [-0.2, 0) is 0 Å². The maximum Gasteiger partial charge on any atom is 0.231 e. The Labute approximate surface area is 109 Å². The Kier molecular flexibility index (Phi) is 2.67. The number of ketones is 1. The van der Waals surface area contributed by atoms with Gasteiger partial charge in [-0.2, -0.15) is 0 Å². The molecule has 0 N–H and O–H groups in total. The number of hydrogen-bond acceptors (Lipinski definition) is 2. The molecule has 1 aromatic heterocycles. The second-order valence-electron chi connectivity index (χ2n) is 4.46. The predicted molar refractivity (Wildman–Crippen MR) is 70.8 cm³/mol. The zero-order valence-corrected chi connectivity index (χ0v) is 10.3. The molecule has 0 bridgehead atoms. The molecule has 3 heteroatoms. The Morgan fingerprint density at radius 2 is 1.89 bits per heavy atom. The van der Waals surface area contributed by atoms with Crippen LogP contribution in [0.1, 0.15) is 21.7 Å². The van der Waals surface area contributed by atoms with Gasteiger partial charge >= 0.3 is 0 Å². The summed E-state index contributed by atoms with van der Waals surface area (Å²) in [6, 6.07) is 13.2. The Bertz CT molecular complexity index is 771. The van der Waals surface area contributed by atoms with Crippen LogP contribution in [-0.4, -0.2) is 5.78 Å². The number of hydrogen-bond donors (Lipinski definition) is 0. The number of carbonyl (C=O) groups excluding carboxylic acids is 1. The number of benzene rings is 2. The highest BCUT2D eigenvalue weighted by atomic mass is 19.1. The summed E-state index contributed by atoms with van der Waals surface area (Å²) < 4.78 is 19.1. The second-order valence-corrected chi connectivity index (χ2v) is 4.46. The van der Waals surface area contributed by atoms with Gasteiger partial charge in [0.25, 0.3) is 0 Å². The molecule has 0 spiro atoms. The largest absolute Gasteiger partial charge is 0.453 e. The molecule has 0 aliphatic heterocycles. The van der Waals surface area contributed by atoms with Crippen LogP contribution >= 0.6 is 0 Å². The molecule has 94 valence electrons. The van der Waals surface area contributed by atoms with Crippen molar-refractivity contribution in [1.82, 2.24) is 0 Å².